The number of aryl methyl sites for hydroxylation is 1. The van der Waals surface area contributed by atoms with Gasteiger partial charge in [0.05, 0.1) is 18.3 Å². The summed E-state index contributed by atoms with van der Waals surface area (Å²) in [7, 11) is 1.62. The maximum atomic E-state index is 11.1. The van der Waals surface area contributed by atoms with Crippen LogP contribution in [0.5, 0.6) is 0 Å². The van der Waals surface area contributed by atoms with Crippen molar-refractivity contribution in [3.63, 3.8) is 0 Å². The van der Waals surface area contributed by atoms with E-state index in [0.29, 0.717) is 12.3 Å². The summed E-state index contributed by atoms with van der Waals surface area (Å²) in [5.41, 5.74) is 4.44. The van der Waals surface area contributed by atoms with E-state index in [2.05, 4.69) is 29.0 Å². The highest BCUT2D eigenvalue weighted by Crippen LogP contribution is 2.30. The van der Waals surface area contributed by atoms with Gasteiger partial charge in [-0.05, 0) is 19.1 Å². The monoisotopic (exact) mass is 254 g/mol. The molecule has 0 unspecified atom stereocenters. The molecule has 2 aromatic heterocycles. The van der Waals surface area contributed by atoms with Crippen LogP contribution >= 0.6 is 0 Å². The first kappa shape index (κ1) is 11.9. The molecule has 0 saturated heterocycles. The number of fused-ring (bicyclic) bond motifs is 3. The van der Waals surface area contributed by atoms with Gasteiger partial charge in [0, 0.05) is 29.0 Å². The standard InChI is InChI=1S/C15H14N2O2/c1-9-3-4-12-10(5-9)15-11(8-19-2)14(7-18)16-6-13(15)17-12/h3-7,17H,8H2,1-2H3. The molecular formula is C15H14N2O2. The van der Waals surface area contributed by atoms with Gasteiger partial charge in [-0.15, -0.1) is 0 Å². The Bertz CT molecular complexity index is 775. The summed E-state index contributed by atoms with van der Waals surface area (Å²) in [5.74, 6) is 0. The van der Waals surface area contributed by atoms with Crippen LogP contribution in [0.1, 0.15) is 21.6 Å². The molecule has 0 aliphatic carbocycles. The maximum absolute atomic E-state index is 11.1. The third-order valence-electron chi connectivity index (χ3n) is 3.33. The normalized spacial score (nSPS) is 11.3. The van der Waals surface area contributed by atoms with Crippen molar-refractivity contribution in [3.05, 3.63) is 41.2 Å². The number of H-pyrrole nitrogens is 1. The molecule has 0 aliphatic rings. The Hall–Kier alpha value is -2.20. The smallest absolute Gasteiger partial charge is 0.168 e. The fourth-order valence-electron chi connectivity index (χ4n) is 2.48. The van der Waals surface area contributed by atoms with E-state index < -0.39 is 0 Å². The molecule has 3 rings (SSSR count). The van der Waals surface area contributed by atoms with E-state index in [1.54, 1.807) is 13.3 Å². The summed E-state index contributed by atoms with van der Waals surface area (Å²) in [6.45, 7) is 2.43. The minimum absolute atomic E-state index is 0.374. The second-order valence-corrected chi connectivity index (χ2v) is 4.64. The third-order valence-corrected chi connectivity index (χ3v) is 3.33. The largest absolute Gasteiger partial charge is 0.380 e. The molecule has 0 saturated carbocycles. The summed E-state index contributed by atoms with van der Waals surface area (Å²) in [5, 5.41) is 2.13. The number of aldehydes is 1. The second-order valence-electron chi connectivity index (χ2n) is 4.64. The van der Waals surface area contributed by atoms with Crippen molar-refractivity contribution in [1.82, 2.24) is 9.97 Å². The zero-order chi connectivity index (χ0) is 13.4. The van der Waals surface area contributed by atoms with Crippen molar-refractivity contribution in [3.8, 4) is 0 Å². The van der Waals surface area contributed by atoms with Gasteiger partial charge in [0.1, 0.15) is 5.69 Å². The molecule has 19 heavy (non-hydrogen) atoms. The molecule has 1 aromatic carbocycles. The molecule has 0 radical (unpaired) electrons. The molecule has 96 valence electrons. The Morgan fingerprint density at radius 2 is 2.21 bits per heavy atom. The van der Waals surface area contributed by atoms with E-state index in [4.69, 9.17) is 4.74 Å². The number of benzene rings is 1. The van der Waals surface area contributed by atoms with Gasteiger partial charge in [0.15, 0.2) is 6.29 Å². The first-order valence-electron chi connectivity index (χ1n) is 6.08. The topological polar surface area (TPSA) is 55.0 Å². The minimum atomic E-state index is 0.374. The van der Waals surface area contributed by atoms with Gasteiger partial charge in [-0.2, -0.15) is 0 Å². The SMILES string of the molecule is COCc1c(C=O)ncc2[nH]c3ccc(C)cc3c12. The zero-order valence-electron chi connectivity index (χ0n) is 10.9. The van der Waals surface area contributed by atoms with Crippen LogP contribution in [0.15, 0.2) is 24.4 Å². The predicted octanol–water partition coefficient (Wildman–Crippen LogP) is 2.98. The van der Waals surface area contributed by atoms with Gasteiger partial charge in [0.25, 0.3) is 0 Å². The molecular weight excluding hydrogens is 240 g/mol. The summed E-state index contributed by atoms with van der Waals surface area (Å²) in [4.78, 5) is 18.6. The van der Waals surface area contributed by atoms with Crippen LogP contribution < -0.4 is 0 Å². The highest BCUT2D eigenvalue weighted by atomic mass is 16.5. The van der Waals surface area contributed by atoms with Crippen molar-refractivity contribution in [2.45, 2.75) is 13.5 Å². The Balaban J connectivity index is 2.47. The number of rotatable bonds is 3. The summed E-state index contributed by atoms with van der Waals surface area (Å²) < 4.78 is 5.21. The number of carbonyl (C=O) groups is 1. The van der Waals surface area contributed by atoms with Gasteiger partial charge in [0.2, 0.25) is 0 Å². The molecule has 0 atom stereocenters. The molecule has 0 spiro atoms. The van der Waals surface area contributed by atoms with Crippen LogP contribution in [0.3, 0.4) is 0 Å². The van der Waals surface area contributed by atoms with Crippen molar-refractivity contribution in [2.75, 3.05) is 7.11 Å². The molecule has 0 fully saturated rings. The first-order chi connectivity index (χ1) is 9.24. The van der Waals surface area contributed by atoms with Crippen LogP contribution in [0.2, 0.25) is 0 Å². The van der Waals surface area contributed by atoms with E-state index in [-0.39, 0.29) is 0 Å². The van der Waals surface area contributed by atoms with Crippen LogP contribution in [-0.4, -0.2) is 23.4 Å². The van der Waals surface area contributed by atoms with Crippen LogP contribution in [-0.2, 0) is 11.3 Å². The number of hydrogen-bond acceptors (Lipinski definition) is 3. The number of nitrogens with zero attached hydrogens (tertiary/aromatic N) is 1. The molecule has 4 nitrogen and oxygen atoms in total. The van der Waals surface area contributed by atoms with Gasteiger partial charge < -0.3 is 9.72 Å². The number of pyridine rings is 1. The van der Waals surface area contributed by atoms with Crippen molar-refractivity contribution >= 4 is 28.1 Å². The van der Waals surface area contributed by atoms with E-state index in [1.807, 2.05) is 6.07 Å². The Morgan fingerprint density at radius 1 is 1.37 bits per heavy atom. The molecule has 0 amide bonds. The molecule has 2 heterocycles. The highest BCUT2D eigenvalue weighted by Gasteiger charge is 2.13. The number of methoxy groups -OCH3 is 1. The minimum Gasteiger partial charge on any atom is -0.380 e. The number of aromatic nitrogens is 2. The number of carbonyl (C=O) groups excluding carboxylic acids is 1. The number of aromatic amines is 1. The van der Waals surface area contributed by atoms with E-state index in [0.717, 1.165) is 33.7 Å². The fraction of sp³-hybridized carbons (Fsp3) is 0.200. The fourth-order valence-corrected chi connectivity index (χ4v) is 2.48. The molecule has 1 N–H and O–H groups in total. The van der Waals surface area contributed by atoms with Gasteiger partial charge >= 0.3 is 0 Å². The summed E-state index contributed by atoms with van der Waals surface area (Å²) in [6, 6.07) is 6.21. The second kappa shape index (κ2) is 4.48. The quantitative estimate of drug-likeness (QED) is 0.731. The van der Waals surface area contributed by atoms with Crippen LogP contribution in [0.25, 0.3) is 21.8 Å². The van der Waals surface area contributed by atoms with E-state index in [9.17, 15) is 4.79 Å². The van der Waals surface area contributed by atoms with Gasteiger partial charge in [-0.3, -0.25) is 9.78 Å². The predicted molar refractivity (Wildman–Crippen MR) is 74.4 cm³/mol. The van der Waals surface area contributed by atoms with E-state index in [1.165, 1.54) is 5.56 Å². The summed E-state index contributed by atoms with van der Waals surface area (Å²) in [6.07, 6.45) is 2.48. The summed E-state index contributed by atoms with van der Waals surface area (Å²) >= 11 is 0. The van der Waals surface area contributed by atoms with Crippen molar-refractivity contribution < 1.29 is 9.53 Å². The average molecular weight is 254 g/mol. The van der Waals surface area contributed by atoms with Crippen LogP contribution in [0, 0.1) is 6.92 Å². The van der Waals surface area contributed by atoms with Crippen molar-refractivity contribution in [1.29, 1.82) is 0 Å². The zero-order valence-corrected chi connectivity index (χ0v) is 10.9. The molecule has 4 heteroatoms. The van der Waals surface area contributed by atoms with Crippen molar-refractivity contribution in [2.24, 2.45) is 0 Å². The lowest BCUT2D eigenvalue weighted by atomic mass is 10.0. The Morgan fingerprint density at radius 3 is 2.95 bits per heavy atom. The Kier molecular flexibility index (Phi) is 2.80. The Labute approximate surface area is 110 Å². The molecule has 0 aliphatic heterocycles. The van der Waals surface area contributed by atoms with Gasteiger partial charge in [-0.25, -0.2) is 0 Å². The first-order valence-corrected chi connectivity index (χ1v) is 6.08. The molecule has 3 aromatic rings. The maximum Gasteiger partial charge on any atom is 0.168 e. The number of ether oxygens (including phenoxy) is 1. The lowest BCUT2D eigenvalue weighted by molar-refractivity contribution is 0.111. The van der Waals surface area contributed by atoms with Gasteiger partial charge in [-0.1, -0.05) is 11.6 Å². The highest BCUT2D eigenvalue weighted by molar-refractivity contribution is 6.10. The lowest BCUT2D eigenvalue weighted by Gasteiger charge is -2.05. The number of hydrogen-bond donors (Lipinski definition) is 1. The molecule has 0 bridgehead atoms. The van der Waals surface area contributed by atoms with E-state index >= 15 is 0 Å². The average Bonchev–Trinajstić information content (AvgIpc) is 2.77. The lowest BCUT2D eigenvalue weighted by Crippen LogP contribution is -1.98. The third kappa shape index (κ3) is 1.81. The van der Waals surface area contributed by atoms with Crippen LogP contribution in [0.4, 0.5) is 0 Å². The number of nitrogens with one attached hydrogen (secondary N) is 1.